The van der Waals surface area contributed by atoms with Crippen LogP contribution in [0, 0.1) is 12.3 Å². The van der Waals surface area contributed by atoms with Crippen molar-refractivity contribution in [3.8, 4) is 12.3 Å². The molecule has 0 aliphatic carbocycles. The molecule has 0 aromatic rings. The molecule has 0 rings (SSSR count). The zero-order chi connectivity index (χ0) is 5.86. The zero-order valence-corrected chi connectivity index (χ0v) is 5.88. The summed E-state index contributed by atoms with van der Waals surface area (Å²) in [7, 11) is 0.404. The topological polar surface area (TPSA) is 0 Å². The lowest BCUT2D eigenvalue weighted by Crippen LogP contribution is -2.11. The third kappa shape index (κ3) is 2.59. The molecular weight excluding hydrogens is 104 g/mol. The minimum absolute atomic E-state index is 0.404. The first-order chi connectivity index (χ1) is 3.18. The summed E-state index contributed by atoms with van der Waals surface area (Å²) in [6.45, 7) is 2.07. The van der Waals surface area contributed by atoms with Gasteiger partial charge in [-0.25, -0.2) is 0 Å². The van der Waals surface area contributed by atoms with Crippen molar-refractivity contribution in [2.45, 2.75) is 12.2 Å². The molecule has 0 amide bonds. The fraction of sp³-hybridized carbons (Fsp3) is 0.667. The number of hydrogen-bond donors (Lipinski definition) is 0. The quantitative estimate of drug-likeness (QED) is 0.351. The van der Waals surface area contributed by atoms with Gasteiger partial charge in [0.15, 0.2) is 5.25 Å². The highest BCUT2D eigenvalue weighted by atomic mass is 32.2. The summed E-state index contributed by atoms with van der Waals surface area (Å²) in [6.07, 6.45) is 9.44. The van der Waals surface area contributed by atoms with Crippen LogP contribution in [-0.2, 0) is 10.9 Å². The Morgan fingerprint density at radius 3 is 2.00 bits per heavy atom. The molecule has 0 N–H and O–H groups in total. The van der Waals surface area contributed by atoms with Crippen LogP contribution in [0.3, 0.4) is 0 Å². The highest BCUT2D eigenvalue weighted by Crippen LogP contribution is 1.93. The van der Waals surface area contributed by atoms with Crippen LogP contribution in [0.4, 0.5) is 0 Å². The molecule has 0 aromatic heterocycles. The largest absolute Gasteiger partial charge is 0.174 e. The molecule has 0 fully saturated rings. The molecule has 1 unspecified atom stereocenters. The van der Waals surface area contributed by atoms with Gasteiger partial charge in [-0.05, 0) is 23.7 Å². The molecule has 0 saturated carbocycles. The maximum Gasteiger partial charge on any atom is 0.174 e. The second kappa shape index (κ2) is 2.98. The van der Waals surface area contributed by atoms with Gasteiger partial charge in [-0.15, -0.1) is 6.42 Å². The van der Waals surface area contributed by atoms with Gasteiger partial charge in [-0.3, -0.25) is 0 Å². The summed E-state index contributed by atoms with van der Waals surface area (Å²) in [5.41, 5.74) is 0. The molecule has 0 aliphatic heterocycles. The molecular formula is C6H11S+. The predicted octanol–water partition coefficient (Wildman–Crippen LogP) is 0.886. The number of rotatable bonds is 1. The minimum atomic E-state index is 0.404. The van der Waals surface area contributed by atoms with Crippen LogP contribution in [0.1, 0.15) is 6.92 Å². The van der Waals surface area contributed by atoms with Crippen molar-refractivity contribution < 1.29 is 0 Å². The van der Waals surface area contributed by atoms with E-state index in [0.29, 0.717) is 16.1 Å². The second-order valence-corrected chi connectivity index (χ2v) is 4.15. The minimum Gasteiger partial charge on any atom is -0.115 e. The summed E-state index contributed by atoms with van der Waals surface area (Å²) < 4.78 is 0. The maximum absolute atomic E-state index is 5.13. The molecule has 0 spiro atoms. The van der Waals surface area contributed by atoms with Crippen molar-refractivity contribution in [2.24, 2.45) is 0 Å². The van der Waals surface area contributed by atoms with Crippen molar-refractivity contribution in [3.05, 3.63) is 0 Å². The predicted molar refractivity (Wildman–Crippen MR) is 37.5 cm³/mol. The monoisotopic (exact) mass is 115 g/mol. The summed E-state index contributed by atoms with van der Waals surface area (Å²) >= 11 is 0. The highest BCUT2D eigenvalue weighted by molar-refractivity contribution is 7.96. The third-order valence-corrected chi connectivity index (χ3v) is 2.49. The van der Waals surface area contributed by atoms with E-state index in [1.54, 1.807) is 0 Å². The lowest BCUT2D eigenvalue weighted by atomic mass is 10.5. The summed E-state index contributed by atoms with van der Waals surface area (Å²) in [4.78, 5) is 0. The molecule has 0 saturated heterocycles. The van der Waals surface area contributed by atoms with E-state index in [-0.39, 0.29) is 0 Å². The van der Waals surface area contributed by atoms with Crippen LogP contribution >= 0.6 is 0 Å². The van der Waals surface area contributed by atoms with E-state index >= 15 is 0 Å². The highest BCUT2D eigenvalue weighted by Gasteiger charge is 2.09. The van der Waals surface area contributed by atoms with Crippen molar-refractivity contribution >= 4 is 10.9 Å². The van der Waals surface area contributed by atoms with Gasteiger partial charge < -0.3 is 0 Å². The smallest absolute Gasteiger partial charge is 0.115 e. The number of hydrogen-bond acceptors (Lipinski definition) is 0. The Morgan fingerprint density at radius 1 is 1.57 bits per heavy atom. The van der Waals surface area contributed by atoms with E-state index in [2.05, 4.69) is 25.4 Å². The fourth-order valence-corrected chi connectivity index (χ4v) is 0.408. The Bertz CT molecular complexity index is 78.7. The van der Waals surface area contributed by atoms with Crippen molar-refractivity contribution in [2.75, 3.05) is 12.5 Å². The summed E-state index contributed by atoms with van der Waals surface area (Å²) in [5, 5.41) is 0.458. The first kappa shape index (κ1) is 6.91. The molecule has 0 heterocycles. The maximum atomic E-state index is 5.13. The van der Waals surface area contributed by atoms with E-state index in [1.165, 1.54) is 0 Å². The molecule has 1 heteroatoms. The number of terminal acetylenes is 1. The first-order valence-electron chi connectivity index (χ1n) is 2.21. The molecule has 1 atom stereocenters. The van der Waals surface area contributed by atoms with Crippen LogP contribution in [0.25, 0.3) is 0 Å². The Hall–Kier alpha value is -0.0900. The van der Waals surface area contributed by atoms with Gasteiger partial charge in [0.2, 0.25) is 0 Å². The van der Waals surface area contributed by atoms with Crippen molar-refractivity contribution in [3.63, 3.8) is 0 Å². The fourth-order valence-electron chi connectivity index (χ4n) is 0.136. The third-order valence-electron chi connectivity index (χ3n) is 0.942. The molecule has 40 valence electrons. The average molecular weight is 115 g/mol. The van der Waals surface area contributed by atoms with Crippen LogP contribution in [0.5, 0.6) is 0 Å². The lowest BCUT2D eigenvalue weighted by molar-refractivity contribution is 1.29. The van der Waals surface area contributed by atoms with E-state index in [9.17, 15) is 0 Å². The van der Waals surface area contributed by atoms with Crippen LogP contribution in [0.15, 0.2) is 0 Å². The van der Waals surface area contributed by atoms with Gasteiger partial charge >= 0.3 is 0 Å². The summed E-state index contributed by atoms with van der Waals surface area (Å²) in [6, 6.07) is 0. The molecule has 7 heavy (non-hydrogen) atoms. The van der Waals surface area contributed by atoms with Gasteiger partial charge in [0.05, 0.1) is 12.5 Å². The molecule has 0 aliphatic rings. The second-order valence-electron chi connectivity index (χ2n) is 1.69. The Kier molecular flexibility index (Phi) is 2.95. The Balaban J connectivity index is 3.40. The molecule has 0 aromatic carbocycles. The van der Waals surface area contributed by atoms with Crippen molar-refractivity contribution in [1.82, 2.24) is 0 Å². The van der Waals surface area contributed by atoms with Crippen LogP contribution in [-0.4, -0.2) is 17.8 Å². The molecule has 0 radical (unpaired) electrons. The Labute approximate surface area is 48.7 Å². The van der Waals surface area contributed by atoms with Gasteiger partial charge in [0, 0.05) is 0 Å². The van der Waals surface area contributed by atoms with Crippen LogP contribution in [0.2, 0.25) is 0 Å². The van der Waals surface area contributed by atoms with E-state index < -0.39 is 0 Å². The van der Waals surface area contributed by atoms with Crippen molar-refractivity contribution in [1.29, 1.82) is 0 Å². The van der Waals surface area contributed by atoms with Gasteiger partial charge in [-0.1, -0.05) is 0 Å². The normalized spacial score (nSPS) is 13.6. The van der Waals surface area contributed by atoms with Crippen LogP contribution < -0.4 is 0 Å². The van der Waals surface area contributed by atoms with Gasteiger partial charge in [0.1, 0.15) is 0 Å². The summed E-state index contributed by atoms with van der Waals surface area (Å²) in [5.74, 6) is 2.68. The van der Waals surface area contributed by atoms with E-state index in [4.69, 9.17) is 6.42 Å². The molecule has 0 nitrogen and oxygen atoms in total. The van der Waals surface area contributed by atoms with Gasteiger partial charge in [0.25, 0.3) is 0 Å². The standard InChI is InChI=1S/C6H11S/c1-5-6(2)7(3)4/h1,6H,2-4H3/q+1. The van der Waals surface area contributed by atoms with E-state index in [1.807, 2.05) is 0 Å². The first-order valence-corrected chi connectivity index (χ1v) is 4.31. The average Bonchev–Trinajstić information content (AvgIpc) is 1.65. The lowest BCUT2D eigenvalue weighted by Gasteiger charge is -1.95. The van der Waals surface area contributed by atoms with E-state index in [0.717, 1.165) is 0 Å². The van der Waals surface area contributed by atoms with Gasteiger partial charge in [-0.2, -0.15) is 0 Å². The SMILES string of the molecule is C#CC(C)[S+](C)C. The molecule has 0 bridgehead atoms. The Morgan fingerprint density at radius 2 is 2.00 bits per heavy atom. The zero-order valence-electron chi connectivity index (χ0n) is 5.06.